The van der Waals surface area contributed by atoms with E-state index in [4.69, 9.17) is 17.0 Å². The highest BCUT2D eigenvalue weighted by Crippen LogP contribution is 2.36. The molecule has 2 heterocycles. The van der Waals surface area contributed by atoms with Crippen LogP contribution >= 0.6 is 24.0 Å². The summed E-state index contributed by atoms with van der Waals surface area (Å²) in [6.07, 6.45) is 1.78. The van der Waals surface area contributed by atoms with Crippen molar-refractivity contribution in [2.45, 2.75) is 12.8 Å². The van der Waals surface area contributed by atoms with Crippen molar-refractivity contribution in [3.05, 3.63) is 64.6 Å². The second-order valence-electron chi connectivity index (χ2n) is 6.68. The third-order valence-corrected chi connectivity index (χ3v) is 5.85. The van der Waals surface area contributed by atoms with Crippen LogP contribution in [-0.2, 0) is 9.59 Å². The van der Waals surface area contributed by atoms with Crippen LogP contribution in [0, 0.1) is 0 Å². The van der Waals surface area contributed by atoms with Gasteiger partial charge in [0.1, 0.15) is 10.1 Å². The summed E-state index contributed by atoms with van der Waals surface area (Å²) in [7, 11) is 0. The number of amides is 2. The fraction of sp³-hybridized carbons (Fsp3) is 0.190. The summed E-state index contributed by atoms with van der Waals surface area (Å²) >= 11 is 6.27. The quantitative estimate of drug-likeness (QED) is 0.615. The highest BCUT2D eigenvalue weighted by molar-refractivity contribution is 8.26. The molecule has 2 amide bonds. The van der Waals surface area contributed by atoms with E-state index in [1.807, 2.05) is 36.4 Å². The Labute approximate surface area is 172 Å². The van der Waals surface area contributed by atoms with Crippen LogP contribution in [0.1, 0.15) is 24.0 Å². The molecule has 142 valence electrons. The lowest BCUT2D eigenvalue weighted by Gasteiger charge is -2.31. The van der Waals surface area contributed by atoms with Gasteiger partial charge in [-0.25, -0.2) is 0 Å². The molecule has 0 aliphatic carbocycles. The number of ether oxygens (including phenoxy) is 1. The smallest absolute Gasteiger partial charge is 0.265 e. The second kappa shape index (κ2) is 7.77. The average molecular weight is 411 g/mol. The number of rotatable bonds is 4. The zero-order chi connectivity index (χ0) is 19.7. The molecule has 0 saturated carbocycles. The summed E-state index contributed by atoms with van der Waals surface area (Å²) in [5.74, 6) is 0.566. The van der Waals surface area contributed by atoms with Gasteiger partial charge >= 0.3 is 0 Å². The number of fused-ring (bicyclic) bond motifs is 1. The Balaban J connectivity index is 1.64. The number of benzene rings is 2. The maximum absolute atomic E-state index is 12.6. The normalized spacial score (nSPS) is 18.7. The van der Waals surface area contributed by atoms with Gasteiger partial charge in [0, 0.05) is 6.54 Å². The number of thiocarbonyl (C=S) groups is 1. The van der Waals surface area contributed by atoms with Gasteiger partial charge in [-0.3, -0.25) is 9.59 Å². The first kappa shape index (κ1) is 18.7. The molecular formula is C21H18N2O3S2. The van der Waals surface area contributed by atoms with Gasteiger partial charge in [-0.05, 0) is 35.3 Å². The van der Waals surface area contributed by atoms with Crippen LogP contribution in [0.2, 0.25) is 0 Å². The van der Waals surface area contributed by atoms with E-state index >= 15 is 0 Å². The van der Waals surface area contributed by atoms with Crippen molar-refractivity contribution in [2.75, 3.05) is 18.1 Å². The fourth-order valence-electron chi connectivity index (χ4n) is 3.24. The van der Waals surface area contributed by atoms with Crippen molar-refractivity contribution in [1.29, 1.82) is 0 Å². The predicted octanol–water partition coefficient (Wildman–Crippen LogP) is 3.70. The third kappa shape index (κ3) is 3.81. The Morgan fingerprint density at radius 2 is 2.04 bits per heavy atom. The van der Waals surface area contributed by atoms with E-state index in [9.17, 15) is 9.59 Å². The molecule has 0 aromatic heterocycles. The molecule has 2 aliphatic heterocycles. The molecule has 1 unspecified atom stereocenters. The Morgan fingerprint density at radius 1 is 1.25 bits per heavy atom. The molecule has 0 spiro atoms. The van der Waals surface area contributed by atoms with Crippen LogP contribution in [0.3, 0.4) is 0 Å². The van der Waals surface area contributed by atoms with Crippen molar-refractivity contribution in [1.82, 2.24) is 5.32 Å². The lowest BCUT2D eigenvalue weighted by molar-refractivity contribution is -0.121. The number of carbonyl (C=O) groups excluding carboxylic acids is 2. The van der Waals surface area contributed by atoms with Gasteiger partial charge < -0.3 is 15.0 Å². The first-order chi connectivity index (χ1) is 13.5. The average Bonchev–Trinajstić information content (AvgIpc) is 3.01. The summed E-state index contributed by atoms with van der Waals surface area (Å²) < 4.78 is 6.05. The molecule has 0 bridgehead atoms. The van der Waals surface area contributed by atoms with E-state index in [-0.39, 0.29) is 24.3 Å². The van der Waals surface area contributed by atoms with Crippen LogP contribution in [-0.4, -0.2) is 29.3 Å². The zero-order valence-corrected chi connectivity index (χ0v) is 16.8. The molecule has 28 heavy (non-hydrogen) atoms. The number of thioether (sulfide) groups is 1. The molecule has 5 nitrogen and oxygen atoms in total. The van der Waals surface area contributed by atoms with Crippen molar-refractivity contribution in [2.24, 2.45) is 0 Å². The summed E-state index contributed by atoms with van der Waals surface area (Å²) in [5.41, 5.74) is 2.71. The fourth-order valence-corrected chi connectivity index (χ4v) is 4.29. The Hall–Kier alpha value is -2.64. The molecule has 1 saturated heterocycles. The Morgan fingerprint density at radius 3 is 2.75 bits per heavy atom. The van der Waals surface area contributed by atoms with Gasteiger partial charge in [0.2, 0.25) is 0 Å². The first-order valence-electron chi connectivity index (χ1n) is 8.88. The maximum Gasteiger partial charge on any atom is 0.265 e. The molecular weight excluding hydrogens is 392 g/mol. The van der Waals surface area contributed by atoms with Crippen molar-refractivity contribution < 1.29 is 14.3 Å². The summed E-state index contributed by atoms with van der Waals surface area (Å²) in [5, 5.41) is 2.61. The van der Waals surface area contributed by atoms with Crippen LogP contribution in [0.25, 0.3) is 6.08 Å². The van der Waals surface area contributed by atoms with Crippen molar-refractivity contribution >= 4 is 51.9 Å². The second-order valence-corrected chi connectivity index (χ2v) is 8.40. The summed E-state index contributed by atoms with van der Waals surface area (Å²) in [4.78, 5) is 26.8. The van der Waals surface area contributed by atoms with Crippen LogP contribution in [0.5, 0.6) is 5.75 Å². The molecule has 2 aliphatic rings. The number of hydrogen-bond donors (Lipinski definition) is 1. The van der Waals surface area contributed by atoms with Gasteiger partial charge in [0.25, 0.3) is 11.8 Å². The molecule has 1 fully saturated rings. The summed E-state index contributed by atoms with van der Waals surface area (Å²) in [6, 6.07) is 15.7. The number of carbonyl (C=O) groups is 2. The van der Waals surface area contributed by atoms with E-state index < -0.39 is 0 Å². The minimum atomic E-state index is -0.199. The van der Waals surface area contributed by atoms with Gasteiger partial charge in [-0.2, -0.15) is 0 Å². The maximum atomic E-state index is 12.6. The van der Waals surface area contributed by atoms with Gasteiger partial charge in [0.15, 0.2) is 6.61 Å². The third-order valence-electron chi connectivity index (χ3n) is 4.69. The van der Waals surface area contributed by atoms with Crippen molar-refractivity contribution in [3.8, 4) is 5.75 Å². The van der Waals surface area contributed by atoms with Crippen LogP contribution in [0.4, 0.5) is 5.69 Å². The molecule has 2 aromatic carbocycles. The van der Waals surface area contributed by atoms with E-state index in [0.29, 0.717) is 21.5 Å². The molecule has 0 radical (unpaired) electrons. The number of anilines is 1. The number of nitrogens with zero attached hydrogens (tertiary/aromatic N) is 1. The standard InChI is InChI=1S/C21H18N2O3S2/c1-13(15-5-3-2-4-6-15)11-23-16-9-14(7-8-17(16)26-12-19(23)24)10-18-20(25)22-21(27)28-18/h2-10,13H,11-12H2,1H3,(H,22,25,27). The number of hydrogen-bond acceptors (Lipinski definition) is 5. The highest BCUT2D eigenvalue weighted by atomic mass is 32.2. The van der Waals surface area contributed by atoms with Crippen LogP contribution < -0.4 is 15.0 Å². The zero-order valence-electron chi connectivity index (χ0n) is 15.2. The van der Waals surface area contributed by atoms with E-state index in [2.05, 4.69) is 24.4 Å². The molecule has 1 N–H and O–H groups in total. The molecule has 1 atom stereocenters. The lowest BCUT2D eigenvalue weighted by Crippen LogP contribution is -2.40. The Bertz CT molecular complexity index is 988. The highest BCUT2D eigenvalue weighted by Gasteiger charge is 2.28. The largest absolute Gasteiger partial charge is 0.482 e. The molecule has 2 aromatic rings. The minimum absolute atomic E-state index is 0.0292. The minimum Gasteiger partial charge on any atom is -0.482 e. The molecule has 4 rings (SSSR count). The van der Waals surface area contributed by atoms with Gasteiger partial charge in [-0.1, -0.05) is 67.3 Å². The SMILES string of the molecule is CC(CN1C(=O)COc2ccc(C=C3SC(=S)NC3=O)cc21)c1ccccc1. The number of nitrogens with one attached hydrogen (secondary N) is 1. The van der Waals surface area contributed by atoms with Crippen LogP contribution in [0.15, 0.2) is 53.4 Å². The lowest BCUT2D eigenvalue weighted by atomic mass is 10.00. The van der Waals surface area contributed by atoms with Gasteiger partial charge in [0.05, 0.1) is 10.6 Å². The Kier molecular flexibility index (Phi) is 5.19. The topological polar surface area (TPSA) is 58.6 Å². The molecule has 7 heteroatoms. The van der Waals surface area contributed by atoms with E-state index in [1.54, 1.807) is 11.0 Å². The monoisotopic (exact) mass is 410 g/mol. The first-order valence-corrected chi connectivity index (χ1v) is 10.1. The summed E-state index contributed by atoms with van der Waals surface area (Å²) in [6.45, 7) is 2.68. The van der Waals surface area contributed by atoms with Crippen molar-refractivity contribution in [3.63, 3.8) is 0 Å². The van der Waals surface area contributed by atoms with Gasteiger partial charge in [-0.15, -0.1) is 0 Å². The van der Waals surface area contributed by atoms with E-state index in [0.717, 1.165) is 11.3 Å². The van der Waals surface area contributed by atoms with E-state index in [1.165, 1.54) is 17.3 Å². The predicted molar refractivity (Wildman–Crippen MR) is 115 cm³/mol.